The highest BCUT2D eigenvalue weighted by atomic mass is 16.6. The quantitative estimate of drug-likeness (QED) is 0.406. The Bertz CT molecular complexity index is 868. The van der Waals surface area contributed by atoms with E-state index in [-0.39, 0.29) is 24.0 Å². The molecule has 0 radical (unpaired) electrons. The molecule has 1 aliphatic heterocycles. The van der Waals surface area contributed by atoms with E-state index in [2.05, 4.69) is 46.2 Å². The molecule has 2 amide bonds. The van der Waals surface area contributed by atoms with Crippen molar-refractivity contribution in [2.75, 3.05) is 19.6 Å². The topological polar surface area (TPSA) is 114 Å². The average Bonchev–Trinajstić information content (AvgIpc) is 3.12. The molecule has 2 rings (SSSR count). The van der Waals surface area contributed by atoms with Crippen LogP contribution in [-0.4, -0.2) is 67.9 Å². The molecule has 0 saturated carbocycles. The molecule has 10 heteroatoms. The van der Waals surface area contributed by atoms with E-state index >= 15 is 0 Å². The Morgan fingerprint density at radius 1 is 1.21 bits per heavy atom. The molecule has 1 aromatic heterocycles. The minimum atomic E-state index is -0.662. The highest BCUT2D eigenvalue weighted by Crippen LogP contribution is 2.32. The predicted molar refractivity (Wildman–Crippen MR) is 126 cm³/mol. The molecule has 0 aromatic carbocycles. The highest BCUT2D eigenvalue weighted by Gasteiger charge is 2.43. The first-order valence-corrected chi connectivity index (χ1v) is 11.3. The molecule has 0 spiro atoms. The summed E-state index contributed by atoms with van der Waals surface area (Å²) in [6, 6.07) is -0.0636. The molecule has 2 unspecified atom stereocenters. The minimum absolute atomic E-state index is 0.0636. The fourth-order valence-electron chi connectivity index (χ4n) is 3.89. The van der Waals surface area contributed by atoms with E-state index in [1.165, 1.54) is 6.08 Å². The molecule has 0 bridgehead atoms. The van der Waals surface area contributed by atoms with Crippen LogP contribution in [0.25, 0.3) is 0 Å². The minimum Gasteiger partial charge on any atom is -0.444 e. The van der Waals surface area contributed by atoms with Crippen LogP contribution in [0.4, 0.5) is 4.79 Å². The summed E-state index contributed by atoms with van der Waals surface area (Å²) >= 11 is 0. The Morgan fingerprint density at radius 2 is 1.85 bits per heavy atom. The lowest BCUT2D eigenvalue weighted by Crippen LogP contribution is -2.56. The summed E-state index contributed by atoms with van der Waals surface area (Å²) in [5.41, 5.74) is -1.78. The van der Waals surface area contributed by atoms with Gasteiger partial charge in [0.25, 0.3) is 0 Å². The normalized spacial score (nSPS) is 17.5. The van der Waals surface area contributed by atoms with E-state index in [0.717, 1.165) is 0 Å². The molecular formula is C23H39N7O3. The number of hydrogen-bond donors (Lipinski definition) is 2. The van der Waals surface area contributed by atoms with Gasteiger partial charge in [0.1, 0.15) is 5.60 Å². The summed E-state index contributed by atoms with van der Waals surface area (Å²) in [6.07, 6.45) is 3.32. The first-order chi connectivity index (χ1) is 15.2. The highest BCUT2D eigenvalue weighted by molar-refractivity contribution is 5.87. The van der Waals surface area contributed by atoms with Gasteiger partial charge in [-0.25, -0.2) is 9.48 Å². The van der Waals surface area contributed by atoms with Gasteiger partial charge in [-0.3, -0.25) is 4.79 Å². The molecule has 0 aliphatic carbocycles. The van der Waals surface area contributed by atoms with Gasteiger partial charge in [-0.2, -0.15) is 0 Å². The average molecular weight is 462 g/mol. The van der Waals surface area contributed by atoms with E-state index in [1.807, 2.05) is 47.6 Å². The standard InChI is InChI=1S/C23H39N7O3/c1-10-16(3)12-24-23(9,15-22(7,8)25-18(31)11-2)19-26-27-28-30(19)17-13-29(14-17)20(32)33-21(4,5)6/h10-11,16-17,24H,1-2,12-15H2,3-9H3,(H,25,31). The van der Waals surface area contributed by atoms with Crippen molar-refractivity contribution in [2.45, 2.75) is 77.6 Å². The van der Waals surface area contributed by atoms with Crippen LogP contribution < -0.4 is 10.6 Å². The van der Waals surface area contributed by atoms with E-state index in [0.29, 0.717) is 31.9 Å². The van der Waals surface area contributed by atoms with Crippen molar-refractivity contribution in [3.8, 4) is 0 Å². The van der Waals surface area contributed by atoms with Crippen molar-refractivity contribution in [1.82, 2.24) is 35.7 Å². The third-order valence-corrected chi connectivity index (χ3v) is 5.51. The molecule has 1 aliphatic rings. The Hall–Kier alpha value is -2.75. The van der Waals surface area contributed by atoms with Crippen LogP contribution in [0.15, 0.2) is 25.3 Å². The van der Waals surface area contributed by atoms with Crippen molar-refractivity contribution in [1.29, 1.82) is 0 Å². The Labute approximate surface area is 196 Å². The largest absolute Gasteiger partial charge is 0.444 e. The second kappa shape index (κ2) is 10.0. The van der Waals surface area contributed by atoms with E-state index in [4.69, 9.17) is 4.74 Å². The van der Waals surface area contributed by atoms with Gasteiger partial charge < -0.3 is 20.3 Å². The van der Waals surface area contributed by atoms with Gasteiger partial charge in [0.15, 0.2) is 5.82 Å². The maximum absolute atomic E-state index is 12.3. The van der Waals surface area contributed by atoms with E-state index in [9.17, 15) is 9.59 Å². The monoisotopic (exact) mass is 461 g/mol. The van der Waals surface area contributed by atoms with E-state index < -0.39 is 16.7 Å². The summed E-state index contributed by atoms with van der Waals surface area (Å²) in [5.74, 6) is 0.632. The van der Waals surface area contributed by atoms with Gasteiger partial charge in [0.2, 0.25) is 5.91 Å². The lowest BCUT2D eigenvalue weighted by Gasteiger charge is -2.42. The van der Waals surface area contributed by atoms with Crippen molar-refractivity contribution >= 4 is 12.0 Å². The summed E-state index contributed by atoms with van der Waals surface area (Å²) in [7, 11) is 0. The van der Waals surface area contributed by atoms with Gasteiger partial charge in [-0.15, -0.1) is 11.7 Å². The molecule has 1 saturated heterocycles. The number of rotatable bonds is 10. The smallest absolute Gasteiger partial charge is 0.410 e. The van der Waals surface area contributed by atoms with Crippen molar-refractivity contribution in [3.63, 3.8) is 0 Å². The Kier molecular flexibility index (Phi) is 8.05. The number of nitrogens with one attached hydrogen (secondary N) is 2. The van der Waals surface area contributed by atoms with Crippen LogP contribution in [0, 0.1) is 5.92 Å². The summed E-state index contributed by atoms with van der Waals surface area (Å²) in [6.45, 7) is 22.5. The lowest BCUT2D eigenvalue weighted by molar-refractivity contribution is -0.118. The zero-order valence-corrected chi connectivity index (χ0v) is 21.0. The Balaban J connectivity index is 2.24. The van der Waals surface area contributed by atoms with Crippen LogP contribution >= 0.6 is 0 Å². The Morgan fingerprint density at radius 3 is 2.39 bits per heavy atom. The van der Waals surface area contributed by atoms with Gasteiger partial charge in [0.05, 0.1) is 11.6 Å². The van der Waals surface area contributed by atoms with Crippen molar-refractivity contribution in [3.05, 3.63) is 31.1 Å². The second-order valence-electron chi connectivity index (χ2n) is 10.7. The summed E-state index contributed by atoms with van der Waals surface area (Å²) in [4.78, 5) is 26.0. The first-order valence-electron chi connectivity index (χ1n) is 11.3. The number of amides is 2. The molecule has 10 nitrogen and oxygen atoms in total. The fraction of sp³-hybridized carbons (Fsp3) is 0.696. The molecule has 33 heavy (non-hydrogen) atoms. The molecule has 2 N–H and O–H groups in total. The van der Waals surface area contributed by atoms with Gasteiger partial charge in [-0.1, -0.05) is 19.6 Å². The first kappa shape index (κ1) is 26.5. The van der Waals surface area contributed by atoms with Crippen molar-refractivity contribution < 1.29 is 14.3 Å². The molecule has 184 valence electrons. The lowest BCUT2D eigenvalue weighted by atomic mass is 9.84. The number of tetrazole rings is 1. The fourth-order valence-corrected chi connectivity index (χ4v) is 3.89. The van der Waals surface area contributed by atoms with Gasteiger partial charge >= 0.3 is 6.09 Å². The number of carbonyl (C=O) groups is 2. The van der Waals surface area contributed by atoms with E-state index in [1.54, 1.807) is 9.58 Å². The molecule has 1 aromatic rings. The third kappa shape index (κ3) is 7.12. The number of hydrogen-bond acceptors (Lipinski definition) is 7. The SMILES string of the molecule is C=CC(=O)NC(C)(C)CC(C)(NCC(C)C=C)c1nnnn1C1CN(C(=O)OC(C)(C)C)C1. The molecule has 2 heterocycles. The predicted octanol–water partition coefficient (Wildman–Crippen LogP) is 2.56. The van der Waals surface area contributed by atoms with Crippen LogP contribution in [0.2, 0.25) is 0 Å². The van der Waals surface area contributed by atoms with Crippen LogP contribution in [0.3, 0.4) is 0 Å². The second-order valence-corrected chi connectivity index (χ2v) is 10.7. The number of aromatic nitrogens is 4. The molecular weight excluding hydrogens is 422 g/mol. The maximum Gasteiger partial charge on any atom is 0.410 e. The zero-order valence-electron chi connectivity index (χ0n) is 21.0. The van der Waals surface area contributed by atoms with Crippen LogP contribution in [-0.2, 0) is 15.1 Å². The number of likely N-dealkylation sites (tertiary alicyclic amines) is 1. The molecule has 2 atom stereocenters. The van der Waals surface area contributed by atoms with Crippen LogP contribution in [0.1, 0.15) is 66.8 Å². The summed E-state index contributed by atoms with van der Waals surface area (Å²) < 4.78 is 7.23. The summed E-state index contributed by atoms with van der Waals surface area (Å²) in [5, 5.41) is 19.1. The number of nitrogens with zero attached hydrogens (tertiary/aromatic N) is 5. The van der Waals surface area contributed by atoms with Crippen LogP contribution in [0.5, 0.6) is 0 Å². The van der Waals surface area contributed by atoms with Gasteiger partial charge in [0, 0.05) is 25.2 Å². The molecule has 1 fully saturated rings. The maximum atomic E-state index is 12.3. The van der Waals surface area contributed by atoms with Gasteiger partial charge in [-0.05, 0) is 70.4 Å². The van der Waals surface area contributed by atoms with Crippen molar-refractivity contribution in [2.24, 2.45) is 5.92 Å². The number of carbonyl (C=O) groups excluding carboxylic acids is 2. The third-order valence-electron chi connectivity index (χ3n) is 5.51. The number of ether oxygens (including phenoxy) is 1. The zero-order chi connectivity index (χ0) is 25.0.